The molecule has 0 saturated heterocycles. The number of hydrogen-bond donors (Lipinski definition) is 2. The van der Waals surface area contributed by atoms with Crippen molar-refractivity contribution in [2.75, 3.05) is 13.1 Å². The van der Waals surface area contributed by atoms with E-state index in [1.807, 2.05) is 31.2 Å². The highest BCUT2D eigenvalue weighted by atomic mass is 79.9. The fourth-order valence-electron chi connectivity index (χ4n) is 1.36. The smallest absolute Gasteiger partial charge is 0.234 e. The summed E-state index contributed by atoms with van der Waals surface area (Å²) in [7, 11) is 0. The van der Waals surface area contributed by atoms with Crippen molar-refractivity contribution < 1.29 is 4.79 Å². The highest BCUT2D eigenvalue weighted by molar-refractivity contribution is 9.10. The van der Waals surface area contributed by atoms with E-state index >= 15 is 0 Å². The van der Waals surface area contributed by atoms with Gasteiger partial charge in [-0.3, -0.25) is 4.79 Å². The van der Waals surface area contributed by atoms with Gasteiger partial charge >= 0.3 is 0 Å². The van der Waals surface area contributed by atoms with Crippen LogP contribution in [0.5, 0.6) is 0 Å². The van der Waals surface area contributed by atoms with Crippen molar-refractivity contribution in [2.45, 2.75) is 13.0 Å². The lowest BCUT2D eigenvalue weighted by atomic mass is 10.1. The number of hydrogen-bond acceptors (Lipinski definition) is 2. The van der Waals surface area contributed by atoms with Crippen molar-refractivity contribution >= 4 is 21.8 Å². The number of halogens is 1. The molecule has 92 valence electrons. The number of benzene rings is 1. The molecule has 17 heavy (non-hydrogen) atoms. The average Bonchev–Trinajstić information content (AvgIpc) is 2.34. The molecule has 3 nitrogen and oxygen atoms in total. The number of carbonyl (C=O) groups is 1. The summed E-state index contributed by atoms with van der Waals surface area (Å²) in [6.45, 7) is 6.39. The highest BCUT2D eigenvalue weighted by Crippen LogP contribution is 2.16. The average molecular weight is 297 g/mol. The third kappa shape index (κ3) is 5.15. The van der Waals surface area contributed by atoms with E-state index in [9.17, 15) is 4.79 Å². The maximum atomic E-state index is 11.4. The van der Waals surface area contributed by atoms with E-state index in [1.54, 1.807) is 6.08 Å². The van der Waals surface area contributed by atoms with E-state index in [4.69, 9.17) is 0 Å². The van der Waals surface area contributed by atoms with Gasteiger partial charge in [0.2, 0.25) is 5.91 Å². The van der Waals surface area contributed by atoms with E-state index in [1.165, 1.54) is 0 Å². The summed E-state index contributed by atoms with van der Waals surface area (Å²) in [6, 6.07) is 8.20. The van der Waals surface area contributed by atoms with Gasteiger partial charge in [0.1, 0.15) is 0 Å². The van der Waals surface area contributed by atoms with Crippen LogP contribution in [0.3, 0.4) is 0 Å². The van der Waals surface area contributed by atoms with Crippen molar-refractivity contribution in [3.05, 3.63) is 47.0 Å². The monoisotopic (exact) mass is 296 g/mol. The third-order valence-electron chi connectivity index (χ3n) is 2.38. The van der Waals surface area contributed by atoms with Gasteiger partial charge in [-0.25, -0.2) is 0 Å². The standard InChI is InChI=1S/C13H17BrN2O/c1-3-8-15-13(17)9-16-10(2)11-4-6-12(14)7-5-11/h3-7,10,16H,1,8-9H2,2H3,(H,15,17)/t10-/m1/s1. The first-order valence-electron chi connectivity index (χ1n) is 5.50. The van der Waals surface area contributed by atoms with Gasteiger partial charge in [-0.1, -0.05) is 34.1 Å². The molecule has 0 fully saturated rings. The lowest BCUT2D eigenvalue weighted by Gasteiger charge is -2.14. The van der Waals surface area contributed by atoms with Gasteiger partial charge in [0, 0.05) is 17.1 Å². The Labute approximate surface area is 110 Å². The predicted molar refractivity (Wildman–Crippen MR) is 73.8 cm³/mol. The first kappa shape index (κ1) is 13.9. The minimum atomic E-state index is -0.0196. The lowest BCUT2D eigenvalue weighted by molar-refractivity contribution is -0.120. The van der Waals surface area contributed by atoms with E-state index in [0.717, 1.165) is 10.0 Å². The number of carbonyl (C=O) groups excluding carboxylic acids is 1. The Morgan fingerprint density at radius 1 is 1.47 bits per heavy atom. The van der Waals surface area contributed by atoms with Crippen molar-refractivity contribution in [2.24, 2.45) is 0 Å². The predicted octanol–water partition coefficient (Wildman–Crippen LogP) is 2.40. The Morgan fingerprint density at radius 3 is 2.71 bits per heavy atom. The van der Waals surface area contributed by atoms with Gasteiger partial charge in [0.15, 0.2) is 0 Å². The van der Waals surface area contributed by atoms with Gasteiger partial charge < -0.3 is 10.6 Å². The van der Waals surface area contributed by atoms with Crippen LogP contribution in [0, 0.1) is 0 Å². The Kier molecular flexibility index (Phi) is 5.94. The van der Waals surface area contributed by atoms with Crippen LogP contribution < -0.4 is 10.6 Å². The molecule has 1 rings (SSSR count). The Balaban J connectivity index is 2.39. The van der Waals surface area contributed by atoms with Crippen molar-refractivity contribution in [3.63, 3.8) is 0 Å². The van der Waals surface area contributed by atoms with Gasteiger partial charge in [0.05, 0.1) is 6.54 Å². The van der Waals surface area contributed by atoms with Crippen LogP contribution in [-0.2, 0) is 4.79 Å². The molecule has 0 unspecified atom stereocenters. The van der Waals surface area contributed by atoms with Crippen LogP contribution in [0.15, 0.2) is 41.4 Å². The van der Waals surface area contributed by atoms with E-state index < -0.39 is 0 Å². The number of rotatable bonds is 6. The molecule has 0 saturated carbocycles. The fourth-order valence-corrected chi connectivity index (χ4v) is 1.63. The maximum Gasteiger partial charge on any atom is 0.234 e. The van der Waals surface area contributed by atoms with Crippen LogP contribution in [0.1, 0.15) is 18.5 Å². The fraction of sp³-hybridized carbons (Fsp3) is 0.308. The van der Waals surface area contributed by atoms with Crippen LogP contribution in [0.4, 0.5) is 0 Å². The molecule has 4 heteroatoms. The molecule has 0 radical (unpaired) electrons. The summed E-state index contributed by atoms with van der Waals surface area (Å²) in [5.74, 6) is -0.0196. The summed E-state index contributed by atoms with van der Waals surface area (Å²) < 4.78 is 1.05. The summed E-state index contributed by atoms with van der Waals surface area (Å²) >= 11 is 3.39. The summed E-state index contributed by atoms with van der Waals surface area (Å²) in [6.07, 6.45) is 1.66. The van der Waals surface area contributed by atoms with Gasteiger partial charge in [-0.15, -0.1) is 6.58 Å². The molecule has 1 aromatic carbocycles. The molecule has 1 amide bonds. The second-order valence-electron chi connectivity index (χ2n) is 3.75. The zero-order valence-electron chi connectivity index (χ0n) is 9.87. The van der Waals surface area contributed by atoms with Crippen LogP contribution in [0.2, 0.25) is 0 Å². The van der Waals surface area contributed by atoms with Gasteiger partial charge in [-0.05, 0) is 24.6 Å². The van der Waals surface area contributed by atoms with Crippen LogP contribution in [0.25, 0.3) is 0 Å². The summed E-state index contributed by atoms with van der Waals surface area (Å²) in [5.41, 5.74) is 1.16. The van der Waals surface area contributed by atoms with Crippen LogP contribution >= 0.6 is 15.9 Å². The molecule has 0 aliphatic rings. The van der Waals surface area contributed by atoms with Gasteiger partial charge in [-0.2, -0.15) is 0 Å². The minimum Gasteiger partial charge on any atom is -0.352 e. The zero-order chi connectivity index (χ0) is 12.7. The van der Waals surface area contributed by atoms with Gasteiger partial charge in [0.25, 0.3) is 0 Å². The second-order valence-corrected chi connectivity index (χ2v) is 4.66. The molecule has 0 spiro atoms. The number of nitrogens with one attached hydrogen (secondary N) is 2. The lowest BCUT2D eigenvalue weighted by Crippen LogP contribution is -2.35. The molecule has 0 aliphatic carbocycles. The van der Waals surface area contributed by atoms with Crippen molar-refractivity contribution in [1.29, 1.82) is 0 Å². The second kappa shape index (κ2) is 7.25. The first-order chi connectivity index (χ1) is 8.13. The van der Waals surface area contributed by atoms with E-state index in [0.29, 0.717) is 13.1 Å². The topological polar surface area (TPSA) is 41.1 Å². The third-order valence-corrected chi connectivity index (χ3v) is 2.91. The maximum absolute atomic E-state index is 11.4. The molecule has 0 aliphatic heterocycles. The molecular weight excluding hydrogens is 280 g/mol. The molecule has 1 aromatic rings. The van der Waals surface area contributed by atoms with Crippen molar-refractivity contribution in [3.8, 4) is 0 Å². The molecule has 0 aromatic heterocycles. The largest absolute Gasteiger partial charge is 0.352 e. The molecule has 0 bridgehead atoms. The molecule has 0 heterocycles. The minimum absolute atomic E-state index is 0.0196. The SMILES string of the molecule is C=CCNC(=O)CN[C@H](C)c1ccc(Br)cc1. The number of amides is 1. The quantitative estimate of drug-likeness (QED) is 0.792. The van der Waals surface area contributed by atoms with Crippen LogP contribution in [-0.4, -0.2) is 19.0 Å². The Hall–Kier alpha value is -1.13. The molecular formula is C13H17BrN2O. The van der Waals surface area contributed by atoms with E-state index in [2.05, 4.69) is 33.1 Å². The first-order valence-corrected chi connectivity index (χ1v) is 6.29. The molecule has 1 atom stereocenters. The van der Waals surface area contributed by atoms with Crippen molar-refractivity contribution in [1.82, 2.24) is 10.6 Å². The van der Waals surface area contributed by atoms with E-state index in [-0.39, 0.29) is 11.9 Å². The Morgan fingerprint density at radius 2 is 2.12 bits per heavy atom. The molecule has 2 N–H and O–H groups in total. The Bertz CT molecular complexity index is 376. The highest BCUT2D eigenvalue weighted by Gasteiger charge is 2.06. The zero-order valence-corrected chi connectivity index (χ0v) is 11.5. The summed E-state index contributed by atoms with van der Waals surface area (Å²) in [4.78, 5) is 11.4. The summed E-state index contributed by atoms with van der Waals surface area (Å²) in [5, 5.41) is 5.89. The normalized spacial score (nSPS) is 11.9.